The minimum Gasteiger partial charge on any atom is -0.493 e. The van der Waals surface area contributed by atoms with Crippen LogP contribution in [0.1, 0.15) is 17.5 Å². The molecule has 4 aromatic rings. The third kappa shape index (κ3) is 4.63. The SMILES string of the molecule is O=C(CCc1ccccc1)N=Nc1c(O)n(Cc2c(Cl)cccc2Cl)c2ccccc12. The molecular formula is C24H19Cl2N3O2. The summed E-state index contributed by atoms with van der Waals surface area (Å²) in [5, 5.41) is 20.5. The third-order valence-corrected chi connectivity index (χ3v) is 5.74. The van der Waals surface area contributed by atoms with E-state index in [1.807, 2.05) is 54.6 Å². The summed E-state index contributed by atoms with van der Waals surface area (Å²) in [5.41, 5.74) is 2.72. The van der Waals surface area contributed by atoms with E-state index in [0.29, 0.717) is 27.4 Å². The van der Waals surface area contributed by atoms with Crippen LogP contribution in [0.3, 0.4) is 0 Å². The third-order valence-electron chi connectivity index (χ3n) is 5.03. The van der Waals surface area contributed by atoms with E-state index >= 15 is 0 Å². The van der Waals surface area contributed by atoms with Crippen molar-refractivity contribution < 1.29 is 9.90 Å². The number of carbonyl (C=O) groups excluding carboxylic acids is 1. The minimum absolute atomic E-state index is 0.100. The molecule has 5 nitrogen and oxygen atoms in total. The molecule has 0 saturated heterocycles. The summed E-state index contributed by atoms with van der Waals surface area (Å²) in [6.45, 7) is 0.252. The van der Waals surface area contributed by atoms with Gasteiger partial charge in [0, 0.05) is 27.4 Å². The number of fused-ring (bicyclic) bond motifs is 1. The molecule has 1 N–H and O–H groups in total. The number of aryl methyl sites for hydroxylation is 1. The summed E-state index contributed by atoms with van der Waals surface area (Å²) in [7, 11) is 0. The molecule has 31 heavy (non-hydrogen) atoms. The number of benzene rings is 3. The summed E-state index contributed by atoms with van der Waals surface area (Å²) >= 11 is 12.6. The molecule has 0 bridgehead atoms. The second-order valence-electron chi connectivity index (χ2n) is 7.06. The number of hydrogen-bond acceptors (Lipinski definition) is 3. The fraction of sp³-hybridized carbons (Fsp3) is 0.125. The van der Waals surface area contributed by atoms with Crippen LogP contribution in [0.2, 0.25) is 10.0 Å². The number of nitrogens with zero attached hydrogens (tertiary/aromatic N) is 3. The minimum atomic E-state index is -0.353. The van der Waals surface area contributed by atoms with Gasteiger partial charge in [-0.05, 0) is 30.2 Å². The lowest BCUT2D eigenvalue weighted by Gasteiger charge is -2.10. The Labute approximate surface area is 189 Å². The molecule has 0 saturated carbocycles. The first-order valence-corrected chi connectivity index (χ1v) is 10.5. The van der Waals surface area contributed by atoms with Gasteiger partial charge in [-0.1, -0.05) is 77.8 Å². The molecule has 0 atom stereocenters. The smallest absolute Gasteiger partial charge is 0.265 e. The van der Waals surface area contributed by atoms with Crippen LogP contribution in [-0.2, 0) is 17.8 Å². The summed E-state index contributed by atoms with van der Waals surface area (Å²) in [5.74, 6) is -0.453. The van der Waals surface area contributed by atoms with Crippen LogP contribution in [-0.4, -0.2) is 15.6 Å². The van der Waals surface area contributed by atoms with Crippen molar-refractivity contribution >= 4 is 45.7 Å². The lowest BCUT2D eigenvalue weighted by atomic mass is 10.1. The van der Waals surface area contributed by atoms with Crippen molar-refractivity contribution in [3.63, 3.8) is 0 Å². The van der Waals surface area contributed by atoms with Gasteiger partial charge in [-0.2, -0.15) is 0 Å². The number of hydrogen-bond donors (Lipinski definition) is 1. The Balaban J connectivity index is 1.62. The predicted octanol–water partition coefficient (Wildman–Crippen LogP) is 6.95. The number of aromatic nitrogens is 1. The zero-order chi connectivity index (χ0) is 21.8. The Hall–Kier alpha value is -3.15. The highest BCUT2D eigenvalue weighted by molar-refractivity contribution is 6.36. The highest BCUT2D eigenvalue weighted by atomic mass is 35.5. The van der Waals surface area contributed by atoms with Gasteiger partial charge in [-0.25, -0.2) is 0 Å². The van der Waals surface area contributed by atoms with E-state index in [-0.39, 0.29) is 30.4 Å². The van der Waals surface area contributed by atoms with Gasteiger partial charge in [0.1, 0.15) is 0 Å². The molecule has 3 aromatic carbocycles. The highest BCUT2D eigenvalue weighted by Gasteiger charge is 2.18. The number of halogens is 2. The number of rotatable bonds is 6. The molecule has 0 radical (unpaired) electrons. The molecule has 1 heterocycles. The molecule has 0 aliphatic carbocycles. The van der Waals surface area contributed by atoms with Crippen molar-refractivity contribution in [2.24, 2.45) is 10.2 Å². The zero-order valence-corrected chi connectivity index (χ0v) is 18.0. The molecule has 1 amide bonds. The molecule has 0 unspecified atom stereocenters. The van der Waals surface area contributed by atoms with E-state index in [1.165, 1.54) is 0 Å². The fourth-order valence-electron chi connectivity index (χ4n) is 3.42. The maximum Gasteiger partial charge on any atom is 0.265 e. The van der Waals surface area contributed by atoms with Gasteiger partial charge in [-0.15, -0.1) is 10.2 Å². The van der Waals surface area contributed by atoms with Gasteiger partial charge < -0.3 is 9.67 Å². The van der Waals surface area contributed by atoms with Crippen LogP contribution < -0.4 is 0 Å². The average molecular weight is 452 g/mol. The maximum absolute atomic E-state index is 12.2. The molecule has 0 fully saturated rings. The lowest BCUT2D eigenvalue weighted by Crippen LogP contribution is -2.00. The Morgan fingerprint density at radius 1 is 0.903 bits per heavy atom. The van der Waals surface area contributed by atoms with Crippen LogP contribution >= 0.6 is 23.2 Å². The number of amides is 1. The van der Waals surface area contributed by atoms with Crippen LogP contribution in [0.25, 0.3) is 10.9 Å². The number of carbonyl (C=O) groups is 1. The van der Waals surface area contributed by atoms with E-state index < -0.39 is 0 Å². The van der Waals surface area contributed by atoms with Crippen molar-refractivity contribution in [1.82, 2.24) is 4.57 Å². The summed E-state index contributed by atoms with van der Waals surface area (Å²) < 4.78 is 1.66. The van der Waals surface area contributed by atoms with E-state index in [0.717, 1.165) is 11.1 Å². The van der Waals surface area contributed by atoms with Gasteiger partial charge in [0.2, 0.25) is 5.88 Å². The molecule has 0 aliphatic heterocycles. The zero-order valence-electron chi connectivity index (χ0n) is 16.5. The average Bonchev–Trinajstić information content (AvgIpc) is 3.05. The van der Waals surface area contributed by atoms with Gasteiger partial charge >= 0.3 is 0 Å². The van der Waals surface area contributed by atoms with E-state index in [2.05, 4.69) is 10.2 Å². The van der Waals surface area contributed by atoms with Crippen LogP contribution in [0, 0.1) is 0 Å². The van der Waals surface area contributed by atoms with Crippen molar-refractivity contribution in [3.05, 3.63) is 94.0 Å². The number of para-hydroxylation sites is 1. The van der Waals surface area contributed by atoms with Crippen molar-refractivity contribution in [2.75, 3.05) is 0 Å². The van der Waals surface area contributed by atoms with Crippen LogP contribution in [0.5, 0.6) is 5.88 Å². The molecular weight excluding hydrogens is 433 g/mol. The number of aromatic hydroxyl groups is 1. The largest absolute Gasteiger partial charge is 0.493 e. The second-order valence-corrected chi connectivity index (χ2v) is 7.87. The molecule has 0 spiro atoms. The summed E-state index contributed by atoms with van der Waals surface area (Å²) in [4.78, 5) is 12.2. The monoisotopic (exact) mass is 451 g/mol. The molecule has 4 rings (SSSR count). The van der Waals surface area contributed by atoms with Gasteiger partial charge in [0.25, 0.3) is 5.91 Å². The first kappa shape index (κ1) is 21.1. The molecule has 0 aliphatic rings. The van der Waals surface area contributed by atoms with Crippen LogP contribution in [0.15, 0.2) is 83.0 Å². The summed E-state index contributed by atoms with van der Waals surface area (Å²) in [6.07, 6.45) is 0.819. The van der Waals surface area contributed by atoms with Crippen molar-refractivity contribution in [2.45, 2.75) is 19.4 Å². The van der Waals surface area contributed by atoms with E-state index in [4.69, 9.17) is 23.2 Å². The maximum atomic E-state index is 12.2. The van der Waals surface area contributed by atoms with Crippen LogP contribution in [0.4, 0.5) is 5.69 Å². The predicted molar refractivity (Wildman–Crippen MR) is 123 cm³/mol. The first-order chi connectivity index (χ1) is 15.0. The highest BCUT2D eigenvalue weighted by Crippen LogP contribution is 2.40. The van der Waals surface area contributed by atoms with E-state index in [9.17, 15) is 9.90 Å². The Morgan fingerprint density at radius 3 is 2.32 bits per heavy atom. The second kappa shape index (κ2) is 9.33. The standard InChI is InChI=1S/C24H19Cl2N3O2/c25-19-10-6-11-20(26)18(19)15-29-21-12-5-4-9-17(21)23(24(29)31)28-27-22(30)14-13-16-7-2-1-3-8-16/h1-12,31H,13-15H2. The Morgan fingerprint density at radius 2 is 1.58 bits per heavy atom. The molecule has 7 heteroatoms. The number of azo groups is 1. The molecule has 156 valence electrons. The van der Waals surface area contributed by atoms with Gasteiger partial charge in [-0.3, -0.25) is 4.79 Å². The normalized spacial score (nSPS) is 11.4. The van der Waals surface area contributed by atoms with Gasteiger partial charge in [0.15, 0.2) is 5.69 Å². The van der Waals surface area contributed by atoms with Gasteiger partial charge in [0.05, 0.1) is 12.1 Å². The quantitative estimate of drug-likeness (QED) is 0.322. The van der Waals surface area contributed by atoms with Crippen molar-refractivity contribution in [1.29, 1.82) is 0 Å². The lowest BCUT2D eigenvalue weighted by molar-refractivity contribution is -0.118. The topological polar surface area (TPSA) is 66.9 Å². The Kier molecular flexibility index (Phi) is 6.35. The fourth-order valence-corrected chi connectivity index (χ4v) is 3.94. The first-order valence-electron chi connectivity index (χ1n) is 9.76. The van der Waals surface area contributed by atoms with E-state index in [1.54, 1.807) is 22.8 Å². The summed E-state index contributed by atoms with van der Waals surface area (Å²) in [6, 6.07) is 22.4. The molecule has 1 aromatic heterocycles. The Bertz CT molecular complexity index is 1250. The van der Waals surface area contributed by atoms with Crippen molar-refractivity contribution in [3.8, 4) is 5.88 Å².